The van der Waals surface area contributed by atoms with Crippen LogP contribution >= 0.6 is 0 Å². The van der Waals surface area contributed by atoms with Crippen molar-refractivity contribution in [2.75, 3.05) is 6.54 Å². The van der Waals surface area contributed by atoms with Gasteiger partial charge in [-0.25, -0.2) is 13.1 Å². The average Bonchev–Trinajstić information content (AvgIpc) is 2.63. The summed E-state index contributed by atoms with van der Waals surface area (Å²) in [5.41, 5.74) is 1.33. The number of hydrogen-bond acceptors (Lipinski definition) is 4. The van der Waals surface area contributed by atoms with Gasteiger partial charge in [0.25, 0.3) is 5.91 Å². The fraction of sp³-hybridized carbons (Fsp3) is 0.368. The predicted octanol–water partition coefficient (Wildman–Crippen LogP) is 2.28. The summed E-state index contributed by atoms with van der Waals surface area (Å²) in [4.78, 5) is 16.7. The Morgan fingerprint density at radius 3 is 2.69 bits per heavy atom. The highest BCUT2D eigenvalue weighted by Gasteiger charge is 2.25. The van der Waals surface area contributed by atoms with Gasteiger partial charge >= 0.3 is 0 Å². The quantitative estimate of drug-likeness (QED) is 0.695. The Bertz CT molecular complexity index is 849. The number of rotatable bonds is 8. The van der Waals surface area contributed by atoms with Crippen LogP contribution in [0.25, 0.3) is 0 Å². The third-order valence-electron chi connectivity index (χ3n) is 4.45. The van der Waals surface area contributed by atoms with Crippen LogP contribution in [0.15, 0.2) is 53.6 Å². The van der Waals surface area contributed by atoms with E-state index >= 15 is 0 Å². The molecule has 2 N–H and O–H groups in total. The SMILES string of the molecule is O=C(NCCCc1ccccn1)c1cccc(S(=O)(=O)NC2CCC2)c1. The number of nitrogens with one attached hydrogen (secondary N) is 2. The minimum atomic E-state index is -3.58. The molecule has 3 rings (SSSR count). The number of pyridine rings is 1. The van der Waals surface area contributed by atoms with Crippen molar-refractivity contribution in [2.45, 2.75) is 43.0 Å². The molecule has 1 aromatic heterocycles. The number of amides is 1. The van der Waals surface area contributed by atoms with E-state index in [0.29, 0.717) is 12.1 Å². The first-order chi connectivity index (χ1) is 12.5. The number of sulfonamides is 1. The number of benzene rings is 1. The zero-order chi connectivity index (χ0) is 18.4. The molecule has 1 fully saturated rings. The van der Waals surface area contributed by atoms with E-state index in [4.69, 9.17) is 0 Å². The van der Waals surface area contributed by atoms with E-state index in [-0.39, 0.29) is 16.8 Å². The molecule has 26 heavy (non-hydrogen) atoms. The molecular formula is C19H23N3O3S. The molecule has 0 atom stereocenters. The second-order valence-electron chi connectivity index (χ2n) is 6.46. The van der Waals surface area contributed by atoms with E-state index in [1.54, 1.807) is 18.3 Å². The van der Waals surface area contributed by atoms with Crippen molar-refractivity contribution in [3.63, 3.8) is 0 Å². The number of carbonyl (C=O) groups excluding carboxylic acids is 1. The van der Waals surface area contributed by atoms with Gasteiger partial charge in [0.2, 0.25) is 10.0 Å². The van der Waals surface area contributed by atoms with E-state index < -0.39 is 10.0 Å². The lowest BCUT2D eigenvalue weighted by atomic mass is 9.94. The van der Waals surface area contributed by atoms with Crippen molar-refractivity contribution >= 4 is 15.9 Å². The number of nitrogens with zero attached hydrogens (tertiary/aromatic N) is 1. The zero-order valence-corrected chi connectivity index (χ0v) is 15.3. The number of carbonyl (C=O) groups is 1. The Labute approximate surface area is 154 Å². The summed E-state index contributed by atoms with van der Waals surface area (Å²) in [6.07, 6.45) is 6.09. The van der Waals surface area contributed by atoms with Crippen molar-refractivity contribution in [3.8, 4) is 0 Å². The summed E-state index contributed by atoms with van der Waals surface area (Å²) < 4.78 is 27.4. The minimum absolute atomic E-state index is 0.0177. The van der Waals surface area contributed by atoms with E-state index in [1.807, 2.05) is 18.2 Å². The number of aryl methyl sites for hydroxylation is 1. The van der Waals surface area contributed by atoms with Gasteiger partial charge in [0.1, 0.15) is 0 Å². The highest BCUT2D eigenvalue weighted by Crippen LogP contribution is 2.21. The Hall–Kier alpha value is -2.25. The normalized spacial score (nSPS) is 14.6. The van der Waals surface area contributed by atoms with Gasteiger partial charge in [-0.2, -0.15) is 0 Å². The highest BCUT2D eigenvalue weighted by molar-refractivity contribution is 7.89. The molecule has 1 aromatic carbocycles. The largest absolute Gasteiger partial charge is 0.352 e. The fourth-order valence-electron chi connectivity index (χ4n) is 2.74. The highest BCUT2D eigenvalue weighted by atomic mass is 32.2. The fourth-order valence-corrected chi connectivity index (χ4v) is 4.09. The van der Waals surface area contributed by atoms with Crippen LogP contribution in [0.5, 0.6) is 0 Å². The lowest BCUT2D eigenvalue weighted by Crippen LogP contribution is -2.39. The maximum Gasteiger partial charge on any atom is 0.251 e. The molecule has 1 saturated carbocycles. The number of aromatic nitrogens is 1. The van der Waals surface area contributed by atoms with Gasteiger partial charge in [-0.05, 0) is 56.0 Å². The molecule has 1 heterocycles. The predicted molar refractivity (Wildman–Crippen MR) is 99.3 cm³/mol. The van der Waals surface area contributed by atoms with Crippen LogP contribution in [0, 0.1) is 0 Å². The molecule has 0 bridgehead atoms. The van der Waals surface area contributed by atoms with Crippen molar-refractivity contribution in [3.05, 3.63) is 59.9 Å². The van der Waals surface area contributed by atoms with Gasteiger partial charge in [0.15, 0.2) is 0 Å². The Kier molecular flexibility index (Phi) is 6.00. The monoisotopic (exact) mass is 373 g/mol. The molecule has 1 amide bonds. The van der Waals surface area contributed by atoms with Crippen molar-refractivity contribution in [1.82, 2.24) is 15.0 Å². The summed E-state index contributed by atoms with van der Waals surface area (Å²) in [6.45, 7) is 0.507. The Morgan fingerprint density at radius 2 is 2.00 bits per heavy atom. The van der Waals surface area contributed by atoms with E-state index in [9.17, 15) is 13.2 Å². The first kappa shape index (κ1) is 18.5. The van der Waals surface area contributed by atoms with Gasteiger partial charge in [-0.1, -0.05) is 18.6 Å². The minimum Gasteiger partial charge on any atom is -0.352 e. The summed E-state index contributed by atoms with van der Waals surface area (Å²) >= 11 is 0. The topological polar surface area (TPSA) is 88.2 Å². The van der Waals surface area contributed by atoms with Crippen molar-refractivity contribution in [2.24, 2.45) is 0 Å². The van der Waals surface area contributed by atoms with Gasteiger partial charge < -0.3 is 5.32 Å². The van der Waals surface area contributed by atoms with Crippen LogP contribution in [-0.4, -0.2) is 31.9 Å². The summed E-state index contributed by atoms with van der Waals surface area (Å²) in [5.74, 6) is -0.272. The molecule has 2 aromatic rings. The lowest BCUT2D eigenvalue weighted by molar-refractivity contribution is 0.0953. The molecule has 7 heteroatoms. The van der Waals surface area contributed by atoms with E-state index in [2.05, 4.69) is 15.0 Å². The molecule has 138 valence electrons. The maximum absolute atomic E-state index is 12.4. The van der Waals surface area contributed by atoms with E-state index in [1.165, 1.54) is 12.1 Å². The second-order valence-corrected chi connectivity index (χ2v) is 8.17. The Morgan fingerprint density at radius 1 is 1.15 bits per heavy atom. The van der Waals surface area contributed by atoms with E-state index in [0.717, 1.165) is 37.8 Å². The van der Waals surface area contributed by atoms with Crippen LogP contribution in [-0.2, 0) is 16.4 Å². The van der Waals surface area contributed by atoms with Crippen molar-refractivity contribution < 1.29 is 13.2 Å². The lowest BCUT2D eigenvalue weighted by Gasteiger charge is -2.26. The molecule has 0 spiro atoms. The van der Waals surface area contributed by atoms with Gasteiger partial charge in [0.05, 0.1) is 4.90 Å². The van der Waals surface area contributed by atoms with Crippen LogP contribution in [0.3, 0.4) is 0 Å². The maximum atomic E-state index is 12.4. The molecule has 1 aliphatic carbocycles. The second kappa shape index (κ2) is 8.42. The van der Waals surface area contributed by atoms with Gasteiger partial charge in [-0.3, -0.25) is 9.78 Å². The molecular weight excluding hydrogens is 350 g/mol. The standard InChI is InChI=1S/C19H23N3O3S/c23-19(21-13-5-10-16-7-1-2-12-20-16)15-6-3-11-18(14-15)26(24,25)22-17-8-4-9-17/h1-3,6-7,11-12,14,17,22H,4-5,8-10,13H2,(H,21,23). The summed E-state index contributed by atoms with van der Waals surface area (Å²) in [7, 11) is -3.58. The molecule has 0 aliphatic heterocycles. The molecule has 6 nitrogen and oxygen atoms in total. The molecule has 0 unspecified atom stereocenters. The molecule has 0 radical (unpaired) electrons. The smallest absolute Gasteiger partial charge is 0.251 e. The van der Waals surface area contributed by atoms with Gasteiger partial charge in [0, 0.05) is 30.0 Å². The summed E-state index contributed by atoms with van der Waals surface area (Å²) in [6, 6.07) is 11.9. The van der Waals surface area contributed by atoms with Crippen LogP contribution in [0.2, 0.25) is 0 Å². The van der Waals surface area contributed by atoms with Gasteiger partial charge in [-0.15, -0.1) is 0 Å². The zero-order valence-electron chi connectivity index (χ0n) is 14.5. The molecule has 1 aliphatic rings. The van der Waals surface area contributed by atoms with Crippen LogP contribution in [0.1, 0.15) is 41.7 Å². The number of hydrogen-bond donors (Lipinski definition) is 2. The first-order valence-corrected chi connectivity index (χ1v) is 10.3. The van der Waals surface area contributed by atoms with Crippen molar-refractivity contribution in [1.29, 1.82) is 0 Å². The first-order valence-electron chi connectivity index (χ1n) is 8.85. The average molecular weight is 373 g/mol. The van der Waals surface area contributed by atoms with Crippen LogP contribution in [0.4, 0.5) is 0 Å². The summed E-state index contributed by atoms with van der Waals surface area (Å²) in [5, 5.41) is 2.83. The van der Waals surface area contributed by atoms with Crippen LogP contribution < -0.4 is 10.0 Å². The third-order valence-corrected chi connectivity index (χ3v) is 5.97. The Balaban J connectivity index is 1.54. The molecule has 0 saturated heterocycles. The third kappa shape index (κ3) is 4.89.